The summed E-state index contributed by atoms with van der Waals surface area (Å²) >= 11 is 0. The van der Waals surface area contributed by atoms with E-state index in [1.54, 1.807) is 0 Å². The summed E-state index contributed by atoms with van der Waals surface area (Å²) in [6.07, 6.45) is 3.39. The Labute approximate surface area is 170 Å². The molecule has 1 aromatic carbocycles. The predicted molar refractivity (Wildman–Crippen MR) is 108 cm³/mol. The largest absolute Gasteiger partial charge is 0.490 e. The maximum absolute atomic E-state index is 11.9. The van der Waals surface area contributed by atoms with Gasteiger partial charge in [-0.25, -0.2) is 4.98 Å². The number of piperidine rings is 1. The summed E-state index contributed by atoms with van der Waals surface area (Å²) in [4.78, 5) is 19.2. The third-order valence-electron chi connectivity index (χ3n) is 6.77. The number of pyridine rings is 1. The lowest BCUT2D eigenvalue weighted by Gasteiger charge is -2.33. The van der Waals surface area contributed by atoms with Crippen LogP contribution in [0.5, 0.6) is 5.75 Å². The van der Waals surface area contributed by atoms with Gasteiger partial charge in [-0.3, -0.25) is 4.79 Å². The minimum absolute atomic E-state index is 0.00447. The van der Waals surface area contributed by atoms with Crippen molar-refractivity contribution in [2.75, 3.05) is 18.1 Å². The Kier molecular flexibility index (Phi) is 3.85. The van der Waals surface area contributed by atoms with Gasteiger partial charge in [0.15, 0.2) is 0 Å². The molecule has 6 heteroatoms. The molecular formula is C23H25N3O3. The number of rotatable bonds is 3. The zero-order valence-electron chi connectivity index (χ0n) is 16.6. The van der Waals surface area contributed by atoms with Crippen LogP contribution < -0.4 is 15.0 Å². The van der Waals surface area contributed by atoms with Crippen LogP contribution in [0.2, 0.25) is 0 Å². The summed E-state index contributed by atoms with van der Waals surface area (Å²) in [5.41, 5.74) is 5.34. The van der Waals surface area contributed by atoms with Crippen LogP contribution in [0.4, 0.5) is 5.82 Å². The van der Waals surface area contributed by atoms with Crippen LogP contribution in [0.15, 0.2) is 24.3 Å². The van der Waals surface area contributed by atoms with E-state index in [0.29, 0.717) is 25.1 Å². The lowest BCUT2D eigenvalue weighted by molar-refractivity contribution is 0.0965. The normalized spacial score (nSPS) is 27.0. The van der Waals surface area contributed by atoms with Crippen LogP contribution in [0.25, 0.3) is 0 Å². The maximum Gasteiger partial charge on any atom is 0.253 e. The van der Waals surface area contributed by atoms with E-state index in [9.17, 15) is 4.79 Å². The third-order valence-corrected chi connectivity index (χ3v) is 6.77. The molecule has 4 heterocycles. The van der Waals surface area contributed by atoms with Gasteiger partial charge in [-0.05, 0) is 54.7 Å². The molecule has 1 amide bonds. The summed E-state index contributed by atoms with van der Waals surface area (Å²) in [7, 11) is 0. The van der Waals surface area contributed by atoms with Gasteiger partial charge >= 0.3 is 0 Å². The first-order valence-electron chi connectivity index (χ1n) is 10.6. The standard InChI is InChI=1S/C23H25N3O3/c1-13-8-17-19(11-24-23(17)27)25-22(13)26-6-4-21(18-10-20(18)26)29-16-3-2-15-12-28-7-5-14(15)9-16/h2-3,8-9,18,20-21H,4-7,10-12H2,1H3,(H,24,27). The Morgan fingerprint density at radius 3 is 3.14 bits per heavy atom. The van der Waals surface area contributed by atoms with E-state index in [1.807, 2.05) is 6.07 Å². The number of nitrogens with zero attached hydrogens (tertiary/aromatic N) is 2. The monoisotopic (exact) mass is 391 g/mol. The fourth-order valence-electron chi connectivity index (χ4n) is 5.12. The van der Waals surface area contributed by atoms with Crippen LogP contribution in [-0.2, 0) is 24.3 Å². The van der Waals surface area contributed by atoms with Gasteiger partial charge in [0.05, 0.1) is 31.0 Å². The first kappa shape index (κ1) is 17.3. The average Bonchev–Trinajstić information content (AvgIpc) is 3.47. The Hall–Kier alpha value is -2.60. The van der Waals surface area contributed by atoms with E-state index in [1.165, 1.54) is 11.1 Å². The molecule has 1 aliphatic carbocycles. The van der Waals surface area contributed by atoms with Gasteiger partial charge in [0, 0.05) is 24.9 Å². The molecule has 29 heavy (non-hydrogen) atoms. The fourth-order valence-corrected chi connectivity index (χ4v) is 5.12. The van der Waals surface area contributed by atoms with E-state index in [0.717, 1.165) is 60.8 Å². The molecule has 1 N–H and O–H groups in total. The van der Waals surface area contributed by atoms with Crippen LogP contribution in [0, 0.1) is 12.8 Å². The Bertz CT molecular complexity index is 1010. The Balaban J connectivity index is 1.18. The van der Waals surface area contributed by atoms with E-state index in [4.69, 9.17) is 14.5 Å². The van der Waals surface area contributed by atoms with Gasteiger partial charge in [-0.2, -0.15) is 0 Å². The van der Waals surface area contributed by atoms with Crippen LogP contribution >= 0.6 is 0 Å². The van der Waals surface area contributed by atoms with Crippen molar-refractivity contribution in [3.63, 3.8) is 0 Å². The average molecular weight is 391 g/mol. The summed E-state index contributed by atoms with van der Waals surface area (Å²) in [5, 5.41) is 2.87. The minimum atomic E-state index is -0.00447. The molecule has 0 radical (unpaired) electrons. The number of ether oxygens (including phenoxy) is 2. The topological polar surface area (TPSA) is 63.7 Å². The maximum atomic E-state index is 11.9. The van der Waals surface area contributed by atoms with Crippen molar-refractivity contribution in [1.82, 2.24) is 10.3 Å². The molecule has 6 nitrogen and oxygen atoms in total. The first-order valence-corrected chi connectivity index (χ1v) is 10.6. The van der Waals surface area contributed by atoms with Gasteiger partial charge in [0.2, 0.25) is 0 Å². The number of amides is 1. The molecule has 1 saturated heterocycles. The number of nitrogens with one attached hydrogen (secondary N) is 1. The highest BCUT2D eigenvalue weighted by Gasteiger charge is 2.52. The molecule has 1 aromatic heterocycles. The number of aromatic nitrogens is 1. The smallest absolute Gasteiger partial charge is 0.253 e. The first-order chi connectivity index (χ1) is 14.2. The van der Waals surface area contributed by atoms with E-state index < -0.39 is 0 Å². The third kappa shape index (κ3) is 2.89. The second-order valence-corrected chi connectivity index (χ2v) is 8.64. The second kappa shape index (κ2) is 6.46. The van der Waals surface area contributed by atoms with Gasteiger partial charge in [0.1, 0.15) is 17.7 Å². The van der Waals surface area contributed by atoms with Crippen molar-refractivity contribution >= 4 is 11.7 Å². The Morgan fingerprint density at radius 2 is 2.21 bits per heavy atom. The fraction of sp³-hybridized carbons (Fsp3) is 0.478. The molecule has 6 rings (SSSR count). The molecule has 3 unspecified atom stereocenters. The van der Waals surface area contributed by atoms with Crippen molar-refractivity contribution in [2.45, 2.75) is 51.5 Å². The van der Waals surface area contributed by atoms with Gasteiger partial charge in [0.25, 0.3) is 5.91 Å². The van der Waals surface area contributed by atoms with E-state index in [-0.39, 0.29) is 12.0 Å². The molecule has 150 valence electrons. The molecule has 1 saturated carbocycles. The molecule has 3 atom stereocenters. The van der Waals surface area contributed by atoms with E-state index >= 15 is 0 Å². The zero-order chi connectivity index (χ0) is 19.5. The number of carbonyl (C=O) groups excluding carboxylic acids is 1. The number of hydrogen-bond acceptors (Lipinski definition) is 5. The number of benzene rings is 1. The SMILES string of the molecule is Cc1cc2c(nc1N1CCC(Oc3ccc4c(c3)CCOC4)C3CC31)CNC2=O. The molecule has 2 fully saturated rings. The minimum Gasteiger partial charge on any atom is -0.490 e. The molecule has 0 spiro atoms. The molecule has 2 aromatic rings. The van der Waals surface area contributed by atoms with Crippen molar-refractivity contribution < 1.29 is 14.3 Å². The van der Waals surface area contributed by atoms with Gasteiger partial charge < -0.3 is 19.7 Å². The van der Waals surface area contributed by atoms with Crippen molar-refractivity contribution in [3.05, 3.63) is 52.2 Å². The van der Waals surface area contributed by atoms with Crippen LogP contribution in [0.1, 0.15) is 45.6 Å². The predicted octanol–water partition coefficient (Wildman–Crippen LogP) is 2.75. The quantitative estimate of drug-likeness (QED) is 0.872. The number of aryl methyl sites for hydroxylation is 1. The van der Waals surface area contributed by atoms with Crippen LogP contribution in [-0.4, -0.2) is 36.2 Å². The highest BCUT2D eigenvalue weighted by Crippen LogP contribution is 2.47. The number of fused-ring (bicyclic) bond motifs is 3. The molecular weight excluding hydrogens is 366 g/mol. The summed E-state index contributed by atoms with van der Waals surface area (Å²) in [6, 6.07) is 8.94. The lowest BCUT2D eigenvalue weighted by atomic mass is 10.0. The Morgan fingerprint density at radius 1 is 1.28 bits per heavy atom. The molecule has 3 aliphatic heterocycles. The summed E-state index contributed by atoms with van der Waals surface area (Å²) < 4.78 is 12.0. The van der Waals surface area contributed by atoms with Gasteiger partial charge in [-0.15, -0.1) is 0 Å². The summed E-state index contributed by atoms with van der Waals surface area (Å²) in [6.45, 7) is 5.06. The number of hydrogen-bond donors (Lipinski definition) is 1. The van der Waals surface area contributed by atoms with Gasteiger partial charge in [-0.1, -0.05) is 6.07 Å². The highest BCUT2D eigenvalue weighted by atomic mass is 16.5. The lowest BCUT2D eigenvalue weighted by Crippen LogP contribution is -2.40. The molecule has 4 aliphatic rings. The number of anilines is 1. The van der Waals surface area contributed by atoms with Crippen LogP contribution in [0.3, 0.4) is 0 Å². The van der Waals surface area contributed by atoms with Crippen molar-refractivity contribution in [1.29, 1.82) is 0 Å². The zero-order valence-corrected chi connectivity index (χ0v) is 16.6. The van der Waals surface area contributed by atoms with Crippen molar-refractivity contribution in [2.24, 2.45) is 5.92 Å². The van der Waals surface area contributed by atoms with Crippen molar-refractivity contribution in [3.8, 4) is 5.75 Å². The summed E-state index contributed by atoms with van der Waals surface area (Å²) in [5.74, 6) is 2.58. The highest BCUT2D eigenvalue weighted by molar-refractivity contribution is 5.98. The molecule has 0 bridgehead atoms. The second-order valence-electron chi connectivity index (χ2n) is 8.64. The number of carbonyl (C=O) groups is 1. The van der Waals surface area contributed by atoms with E-state index in [2.05, 4.69) is 35.3 Å².